The SMILES string of the molecule is Cc1ccccc1C(N)CN(CCN(C)C)CC(C)C. The Kier molecular flexibility index (Phi) is 7.20. The number of aryl methyl sites for hydroxylation is 1. The molecule has 0 saturated heterocycles. The minimum Gasteiger partial charge on any atom is -0.323 e. The van der Waals surface area contributed by atoms with Crippen molar-refractivity contribution in [2.75, 3.05) is 40.3 Å². The molecule has 114 valence electrons. The van der Waals surface area contributed by atoms with Crippen molar-refractivity contribution in [3.8, 4) is 0 Å². The van der Waals surface area contributed by atoms with E-state index >= 15 is 0 Å². The molecule has 0 spiro atoms. The average Bonchev–Trinajstić information content (AvgIpc) is 2.35. The van der Waals surface area contributed by atoms with Gasteiger partial charge in [-0.1, -0.05) is 38.1 Å². The zero-order valence-corrected chi connectivity index (χ0v) is 13.8. The lowest BCUT2D eigenvalue weighted by molar-refractivity contribution is 0.208. The van der Waals surface area contributed by atoms with Crippen LogP contribution in [0.4, 0.5) is 0 Å². The molecule has 0 radical (unpaired) electrons. The molecule has 3 nitrogen and oxygen atoms in total. The van der Waals surface area contributed by atoms with Gasteiger partial charge in [-0.25, -0.2) is 0 Å². The molecule has 2 N–H and O–H groups in total. The summed E-state index contributed by atoms with van der Waals surface area (Å²) in [4.78, 5) is 4.72. The van der Waals surface area contributed by atoms with Crippen LogP contribution in [0.1, 0.15) is 31.0 Å². The van der Waals surface area contributed by atoms with Gasteiger partial charge in [-0.2, -0.15) is 0 Å². The van der Waals surface area contributed by atoms with Gasteiger partial charge in [0.1, 0.15) is 0 Å². The number of benzene rings is 1. The van der Waals surface area contributed by atoms with E-state index in [1.54, 1.807) is 0 Å². The van der Waals surface area contributed by atoms with E-state index in [0.717, 1.165) is 26.2 Å². The van der Waals surface area contributed by atoms with Crippen LogP contribution in [-0.4, -0.2) is 50.1 Å². The van der Waals surface area contributed by atoms with Crippen molar-refractivity contribution >= 4 is 0 Å². The molecule has 0 aliphatic carbocycles. The topological polar surface area (TPSA) is 32.5 Å². The van der Waals surface area contributed by atoms with Crippen molar-refractivity contribution < 1.29 is 0 Å². The third-order valence-corrected chi connectivity index (χ3v) is 3.53. The molecule has 1 aromatic rings. The van der Waals surface area contributed by atoms with Crippen LogP contribution < -0.4 is 5.73 Å². The zero-order chi connectivity index (χ0) is 15.1. The van der Waals surface area contributed by atoms with Gasteiger partial charge >= 0.3 is 0 Å². The zero-order valence-electron chi connectivity index (χ0n) is 13.8. The first-order valence-corrected chi connectivity index (χ1v) is 7.58. The summed E-state index contributed by atoms with van der Waals surface area (Å²) in [6.45, 7) is 10.9. The molecule has 1 atom stereocenters. The first-order valence-electron chi connectivity index (χ1n) is 7.58. The molecule has 0 aromatic heterocycles. The lowest BCUT2D eigenvalue weighted by atomic mass is 10.0. The van der Waals surface area contributed by atoms with Gasteiger partial charge in [0.25, 0.3) is 0 Å². The van der Waals surface area contributed by atoms with Gasteiger partial charge in [-0.3, -0.25) is 4.90 Å². The smallest absolute Gasteiger partial charge is 0.0426 e. The predicted octanol–water partition coefficient (Wildman–Crippen LogP) is 2.51. The normalized spacial score (nSPS) is 13.4. The monoisotopic (exact) mass is 277 g/mol. The molecule has 20 heavy (non-hydrogen) atoms. The van der Waals surface area contributed by atoms with E-state index in [1.807, 2.05) is 0 Å². The second-order valence-corrected chi connectivity index (χ2v) is 6.42. The van der Waals surface area contributed by atoms with Gasteiger partial charge in [0.15, 0.2) is 0 Å². The van der Waals surface area contributed by atoms with Crippen LogP contribution in [-0.2, 0) is 0 Å². The van der Waals surface area contributed by atoms with Crippen molar-refractivity contribution in [3.63, 3.8) is 0 Å². The Bertz CT molecular complexity index is 388. The Hall–Kier alpha value is -0.900. The number of nitrogens with zero attached hydrogens (tertiary/aromatic N) is 2. The summed E-state index contributed by atoms with van der Waals surface area (Å²) in [7, 11) is 4.24. The molecular formula is C17H31N3. The standard InChI is InChI=1S/C17H31N3/c1-14(2)12-20(11-10-19(4)5)13-17(18)16-9-7-6-8-15(16)3/h6-9,14,17H,10-13,18H2,1-5H3. The van der Waals surface area contributed by atoms with Crippen LogP contribution in [0.5, 0.6) is 0 Å². The Morgan fingerprint density at radius 3 is 2.25 bits per heavy atom. The van der Waals surface area contributed by atoms with E-state index in [0.29, 0.717) is 5.92 Å². The molecule has 0 fully saturated rings. The summed E-state index contributed by atoms with van der Waals surface area (Å²) in [5, 5.41) is 0. The minimum atomic E-state index is 0.0945. The van der Waals surface area contributed by atoms with E-state index in [9.17, 15) is 0 Å². The lowest BCUT2D eigenvalue weighted by Crippen LogP contribution is -2.39. The molecule has 0 heterocycles. The number of likely N-dealkylation sites (N-methyl/N-ethyl adjacent to an activating group) is 1. The highest BCUT2D eigenvalue weighted by molar-refractivity contribution is 5.28. The Labute approximate surface area is 124 Å². The summed E-state index contributed by atoms with van der Waals surface area (Å²) >= 11 is 0. The van der Waals surface area contributed by atoms with Crippen molar-refractivity contribution in [1.82, 2.24) is 9.80 Å². The van der Waals surface area contributed by atoms with Crippen LogP contribution in [0.25, 0.3) is 0 Å². The predicted molar refractivity (Wildman–Crippen MR) is 87.9 cm³/mol. The Balaban J connectivity index is 2.65. The fourth-order valence-corrected chi connectivity index (χ4v) is 2.49. The number of hydrogen-bond donors (Lipinski definition) is 1. The number of rotatable bonds is 8. The van der Waals surface area contributed by atoms with E-state index in [4.69, 9.17) is 5.73 Å². The van der Waals surface area contributed by atoms with Gasteiger partial charge in [0.2, 0.25) is 0 Å². The second-order valence-electron chi connectivity index (χ2n) is 6.42. The van der Waals surface area contributed by atoms with Crippen LogP contribution in [0.2, 0.25) is 0 Å². The van der Waals surface area contributed by atoms with Gasteiger partial charge < -0.3 is 10.6 Å². The first kappa shape index (κ1) is 17.2. The molecule has 0 aliphatic rings. The molecular weight excluding hydrogens is 246 g/mol. The van der Waals surface area contributed by atoms with Crippen LogP contribution in [0.15, 0.2) is 24.3 Å². The van der Waals surface area contributed by atoms with E-state index in [2.05, 4.69) is 68.9 Å². The highest BCUT2D eigenvalue weighted by Crippen LogP contribution is 2.16. The summed E-state index contributed by atoms with van der Waals surface area (Å²) in [5.74, 6) is 0.668. The second kappa shape index (κ2) is 8.40. The average molecular weight is 277 g/mol. The molecule has 1 rings (SSSR count). The van der Waals surface area contributed by atoms with E-state index in [1.165, 1.54) is 11.1 Å². The molecule has 0 bridgehead atoms. The van der Waals surface area contributed by atoms with Gasteiger partial charge in [-0.15, -0.1) is 0 Å². The Morgan fingerprint density at radius 2 is 1.70 bits per heavy atom. The molecule has 0 saturated carbocycles. The summed E-state index contributed by atoms with van der Waals surface area (Å²) in [5.41, 5.74) is 8.98. The number of hydrogen-bond acceptors (Lipinski definition) is 3. The molecule has 0 amide bonds. The highest BCUT2D eigenvalue weighted by atomic mass is 15.2. The van der Waals surface area contributed by atoms with E-state index in [-0.39, 0.29) is 6.04 Å². The third-order valence-electron chi connectivity index (χ3n) is 3.53. The molecule has 1 unspecified atom stereocenters. The van der Waals surface area contributed by atoms with Crippen LogP contribution in [0.3, 0.4) is 0 Å². The van der Waals surface area contributed by atoms with E-state index < -0.39 is 0 Å². The Morgan fingerprint density at radius 1 is 1.05 bits per heavy atom. The molecule has 3 heteroatoms. The van der Waals surface area contributed by atoms with Crippen molar-refractivity contribution in [2.45, 2.75) is 26.8 Å². The van der Waals surface area contributed by atoms with Crippen LogP contribution >= 0.6 is 0 Å². The summed E-state index contributed by atoms with van der Waals surface area (Å²) in [6, 6.07) is 8.54. The molecule has 1 aromatic carbocycles. The van der Waals surface area contributed by atoms with Gasteiger partial charge in [-0.05, 0) is 38.1 Å². The highest BCUT2D eigenvalue weighted by Gasteiger charge is 2.15. The maximum absolute atomic E-state index is 6.42. The maximum Gasteiger partial charge on any atom is 0.0426 e. The largest absolute Gasteiger partial charge is 0.323 e. The van der Waals surface area contributed by atoms with Crippen molar-refractivity contribution in [2.24, 2.45) is 11.7 Å². The van der Waals surface area contributed by atoms with Gasteiger partial charge in [0, 0.05) is 32.2 Å². The molecule has 0 aliphatic heterocycles. The lowest BCUT2D eigenvalue weighted by Gasteiger charge is -2.29. The third kappa shape index (κ3) is 6.04. The minimum absolute atomic E-state index is 0.0945. The van der Waals surface area contributed by atoms with Crippen molar-refractivity contribution in [3.05, 3.63) is 35.4 Å². The fourth-order valence-electron chi connectivity index (χ4n) is 2.49. The van der Waals surface area contributed by atoms with Crippen molar-refractivity contribution in [1.29, 1.82) is 0 Å². The van der Waals surface area contributed by atoms with Gasteiger partial charge in [0.05, 0.1) is 0 Å². The van der Waals surface area contributed by atoms with Crippen LogP contribution in [0, 0.1) is 12.8 Å². The quantitative estimate of drug-likeness (QED) is 0.792. The summed E-state index contributed by atoms with van der Waals surface area (Å²) < 4.78 is 0. The summed E-state index contributed by atoms with van der Waals surface area (Å²) in [6.07, 6.45) is 0. The number of nitrogens with two attached hydrogens (primary N) is 1. The fraction of sp³-hybridized carbons (Fsp3) is 0.647. The first-order chi connectivity index (χ1) is 9.40. The maximum atomic E-state index is 6.42.